The molecule has 4 aromatic rings. The summed E-state index contributed by atoms with van der Waals surface area (Å²) >= 11 is 1.42. The molecule has 0 unspecified atom stereocenters. The molecule has 0 aliphatic heterocycles. The molecule has 14 heteroatoms. The number of nitrogens with one attached hydrogen (secondary N) is 2. The predicted molar refractivity (Wildman–Crippen MR) is 164 cm³/mol. The molecule has 2 heterocycles. The summed E-state index contributed by atoms with van der Waals surface area (Å²) < 4.78 is 80.9. The standard InChI is InChI=1S/C29H31F2N5O4S3/c1-17(2)28-35-26(18-8-13-21(30)24(16-18)36-43(39,40)25-7-5-4-6-22(25)31)27(41-28)23-14-15-32-29(34-23)33-19-9-11-20(12-10-19)42(3,37)38/h4-8,13-17,19-20,36H,9-12H2,1-3H3,(H,32,33,34)/t19-,20-. The lowest BCUT2D eigenvalue weighted by atomic mass is 9.95. The van der Waals surface area contributed by atoms with E-state index in [2.05, 4.69) is 15.0 Å². The molecule has 228 valence electrons. The minimum Gasteiger partial charge on any atom is -0.351 e. The molecule has 0 atom stereocenters. The first-order chi connectivity index (χ1) is 20.3. The number of thiazole rings is 1. The van der Waals surface area contributed by atoms with Crippen molar-refractivity contribution in [2.45, 2.75) is 61.6 Å². The van der Waals surface area contributed by atoms with Crippen LogP contribution in [0.1, 0.15) is 50.5 Å². The van der Waals surface area contributed by atoms with Crippen molar-refractivity contribution in [1.29, 1.82) is 0 Å². The quantitative estimate of drug-likeness (QED) is 0.218. The van der Waals surface area contributed by atoms with Gasteiger partial charge in [0.1, 0.15) is 26.4 Å². The van der Waals surface area contributed by atoms with Crippen molar-refractivity contribution in [1.82, 2.24) is 15.0 Å². The maximum atomic E-state index is 14.9. The maximum absolute atomic E-state index is 14.9. The first-order valence-electron chi connectivity index (χ1n) is 13.7. The minimum absolute atomic E-state index is 0.0301. The van der Waals surface area contributed by atoms with Crippen LogP contribution in [0.15, 0.2) is 59.6 Å². The van der Waals surface area contributed by atoms with Crippen LogP contribution < -0.4 is 10.0 Å². The zero-order chi connectivity index (χ0) is 30.9. The molecule has 2 aromatic heterocycles. The number of anilines is 2. The minimum atomic E-state index is -4.41. The lowest BCUT2D eigenvalue weighted by molar-refractivity contribution is 0.452. The predicted octanol–water partition coefficient (Wildman–Crippen LogP) is 6.24. The summed E-state index contributed by atoms with van der Waals surface area (Å²) in [4.78, 5) is 14.0. The van der Waals surface area contributed by atoms with Crippen molar-refractivity contribution >= 4 is 42.8 Å². The van der Waals surface area contributed by atoms with Crippen LogP contribution in [-0.2, 0) is 19.9 Å². The van der Waals surface area contributed by atoms with Crippen LogP contribution in [0.4, 0.5) is 20.4 Å². The number of rotatable bonds is 9. The van der Waals surface area contributed by atoms with E-state index in [4.69, 9.17) is 9.97 Å². The summed E-state index contributed by atoms with van der Waals surface area (Å²) in [5.41, 5.74) is 1.15. The van der Waals surface area contributed by atoms with Gasteiger partial charge in [-0.2, -0.15) is 0 Å². The fourth-order valence-corrected chi connectivity index (χ4v) is 8.27. The lowest BCUT2D eigenvalue weighted by Gasteiger charge is -2.28. The third kappa shape index (κ3) is 7.02. The summed E-state index contributed by atoms with van der Waals surface area (Å²) in [6, 6.07) is 10.6. The highest BCUT2D eigenvalue weighted by atomic mass is 32.2. The average Bonchev–Trinajstić information content (AvgIpc) is 3.40. The van der Waals surface area contributed by atoms with Crippen LogP contribution in [0.5, 0.6) is 0 Å². The largest absolute Gasteiger partial charge is 0.351 e. The third-order valence-electron chi connectivity index (χ3n) is 7.25. The number of aromatic nitrogens is 3. The van der Waals surface area contributed by atoms with Crippen LogP contribution in [0.3, 0.4) is 0 Å². The van der Waals surface area contributed by atoms with E-state index in [0.717, 1.165) is 23.2 Å². The van der Waals surface area contributed by atoms with Crippen molar-refractivity contribution in [2.24, 2.45) is 0 Å². The Hall–Kier alpha value is -3.49. The fourth-order valence-electron chi connectivity index (χ4n) is 4.94. The summed E-state index contributed by atoms with van der Waals surface area (Å²) in [6.07, 6.45) is 5.38. The molecular weight excluding hydrogens is 617 g/mol. The second-order valence-corrected chi connectivity index (χ2v) is 15.8. The van der Waals surface area contributed by atoms with Gasteiger partial charge >= 0.3 is 0 Å². The van der Waals surface area contributed by atoms with Crippen LogP contribution >= 0.6 is 11.3 Å². The Balaban J connectivity index is 1.45. The van der Waals surface area contributed by atoms with E-state index in [-0.39, 0.29) is 22.9 Å². The van der Waals surface area contributed by atoms with Gasteiger partial charge in [0, 0.05) is 30.0 Å². The van der Waals surface area contributed by atoms with Gasteiger partial charge in [-0.3, -0.25) is 4.72 Å². The molecular formula is C29H31F2N5O4S3. The van der Waals surface area contributed by atoms with Crippen molar-refractivity contribution in [3.63, 3.8) is 0 Å². The van der Waals surface area contributed by atoms with E-state index in [9.17, 15) is 25.6 Å². The Labute approximate surface area is 253 Å². The van der Waals surface area contributed by atoms with E-state index in [1.54, 1.807) is 12.3 Å². The van der Waals surface area contributed by atoms with Crippen molar-refractivity contribution in [3.05, 3.63) is 71.4 Å². The van der Waals surface area contributed by atoms with Gasteiger partial charge in [0.2, 0.25) is 5.95 Å². The smallest absolute Gasteiger partial charge is 0.264 e. The van der Waals surface area contributed by atoms with E-state index in [1.165, 1.54) is 41.9 Å². The van der Waals surface area contributed by atoms with Crippen LogP contribution in [0.25, 0.3) is 21.8 Å². The van der Waals surface area contributed by atoms with Gasteiger partial charge in [0.15, 0.2) is 0 Å². The zero-order valence-electron chi connectivity index (χ0n) is 23.7. The molecule has 2 N–H and O–H groups in total. The first-order valence-corrected chi connectivity index (χ1v) is 17.9. The van der Waals surface area contributed by atoms with Gasteiger partial charge in [-0.25, -0.2) is 40.6 Å². The Morgan fingerprint density at radius 2 is 1.65 bits per heavy atom. The molecule has 1 aliphatic carbocycles. The molecule has 1 fully saturated rings. The van der Waals surface area contributed by atoms with E-state index in [0.29, 0.717) is 53.5 Å². The number of hydrogen-bond acceptors (Lipinski definition) is 9. The van der Waals surface area contributed by atoms with Gasteiger partial charge in [0.25, 0.3) is 10.0 Å². The van der Waals surface area contributed by atoms with Crippen LogP contribution in [-0.4, -0.2) is 49.3 Å². The number of hydrogen-bond donors (Lipinski definition) is 2. The highest BCUT2D eigenvalue weighted by molar-refractivity contribution is 7.92. The molecule has 1 aliphatic rings. The first kappa shape index (κ1) is 31.0. The molecule has 0 amide bonds. The molecule has 0 saturated heterocycles. The summed E-state index contributed by atoms with van der Waals surface area (Å²) in [5.74, 6) is -1.32. The number of sulfonamides is 1. The molecule has 0 radical (unpaired) electrons. The summed E-state index contributed by atoms with van der Waals surface area (Å²) in [6.45, 7) is 3.98. The Kier molecular flexibility index (Phi) is 8.82. The van der Waals surface area contributed by atoms with Crippen molar-refractivity contribution in [2.75, 3.05) is 16.3 Å². The number of nitrogens with zero attached hydrogens (tertiary/aromatic N) is 3. The number of benzene rings is 2. The Morgan fingerprint density at radius 3 is 2.33 bits per heavy atom. The van der Waals surface area contributed by atoms with E-state index in [1.807, 2.05) is 13.8 Å². The normalized spacial score (nSPS) is 17.6. The SMILES string of the molecule is CC(C)c1nc(-c2ccc(F)c(NS(=O)(=O)c3ccccc3F)c2)c(-c2ccnc(N[C@H]3CC[C@H](S(C)(=O)=O)CC3)n2)s1. The highest BCUT2D eigenvalue weighted by Gasteiger charge is 2.28. The Bertz CT molecular complexity index is 1860. The highest BCUT2D eigenvalue weighted by Crippen LogP contribution is 2.40. The summed E-state index contributed by atoms with van der Waals surface area (Å²) in [7, 11) is -7.49. The third-order valence-corrected chi connectivity index (χ3v) is 11.7. The number of sulfone groups is 1. The second-order valence-electron chi connectivity index (χ2n) is 10.8. The van der Waals surface area contributed by atoms with Gasteiger partial charge in [-0.15, -0.1) is 11.3 Å². The van der Waals surface area contributed by atoms with Gasteiger partial charge < -0.3 is 5.32 Å². The Morgan fingerprint density at radius 1 is 0.930 bits per heavy atom. The monoisotopic (exact) mass is 647 g/mol. The molecule has 0 bridgehead atoms. The van der Waals surface area contributed by atoms with Gasteiger partial charge in [-0.1, -0.05) is 26.0 Å². The molecule has 9 nitrogen and oxygen atoms in total. The molecule has 43 heavy (non-hydrogen) atoms. The zero-order valence-corrected chi connectivity index (χ0v) is 26.2. The molecule has 2 aromatic carbocycles. The van der Waals surface area contributed by atoms with Crippen LogP contribution in [0, 0.1) is 11.6 Å². The van der Waals surface area contributed by atoms with Crippen LogP contribution in [0.2, 0.25) is 0 Å². The van der Waals surface area contributed by atoms with Gasteiger partial charge in [-0.05, 0) is 62.1 Å². The van der Waals surface area contributed by atoms with Crippen molar-refractivity contribution in [3.8, 4) is 21.8 Å². The molecule has 1 saturated carbocycles. The van der Waals surface area contributed by atoms with E-state index < -0.39 is 36.4 Å². The van der Waals surface area contributed by atoms with Crippen molar-refractivity contribution < 1.29 is 25.6 Å². The maximum Gasteiger partial charge on any atom is 0.264 e. The molecule has 5 rings (SSSR count). The number of halogens is 2. The van der Waals surface area contributed by atoms with E-state index >= 15 is 0 Å². The second kappa shape index (κ2) is 12.2. The lowest BCUT2D eigenvalue weighted by Crippen LogP contribution is -2.32. The fraction of sp³-hybridized carbons (Fsp3) is 0.345. The topological polar surface area (TPSA) is 131 Å². The average molecular weight is 648 g/mol. The summed E-state index contributed by atoms with van der Waals surface area (Å²) in [5, 5.41) is 3.80. The van der Waals surface area contributed by atoms with Gasteiger partial charge in [0.05, 0.1) is 32.2 Å². The molecule has 0 spiro atoms.